The summed E-state index contributed by atoms with van der Waals surface area (Å²) in [6.45, 7) is 11.2. The second-order valence-corrected chi connectivity index (χ2v) is 5.54. The van der Waals surface area contributed by atoms with Gasteiger partial charge in [0.05, 0.1) is 0 Å². The normalized spacial score (nSPS) is 16.9. The van der Waals surface area contributed by atoms with E-state index in [0.717, 1.165) is 43.1 Å². The van der Waals surface area contributed by atoms with Gasteiger partial charge in [0.25, 0.3) is 5.91 Å². The molecular formula is C16H24N2O2. The van der Waals surface area contributed by atoms with Gasteiger partial charge in [0.1, 0.15) is 5.75 Å². The molecule has 1 heterocycles. The van der Waals surface area contributed by atoms with Crippen LogP contribution in [0.2, 0.25) is 0 Å². The number of aryl methyl sites for hydroxylation is 2. The van der Waals surface area contributed by atoms with Gasteiger partial charge in [-0.1, -0.05) is 6.07 Å². The molecule has 1 atom stereocenters. The Morgan fingerprint density at radius 1 is 1.25 bits per heavy atom. The van der Waals surface area contributed by atoms with E-state index in [2.05, 4.69) is 18.3 Å². The van der Waals surface area contributed by atoms with Gasteiger partial charge in [0.2, 0.25) is 0 Å². The van der Waals surface area contributed by atoms with Crippen LogP contribution in [-0.4, -0.2) is 43.1 Å². The van der Waals surface area contributed by atoms with Gasteiger partial charge in [-0.25, -0.2) is 0 Å². The van der Waals surface area contributed by atoms with Gasteiger partial charge in [-0.3, -0.25) is 4.79 Å². The second kappa shape index (κ2) is 6.27. The summed E-state index contributed by atoms with van der Waals surface area (Å²) in [6.07, 6.45) is -0.437. The molecule has 4 nitrogen and oxygen atoms in total. The quantitative estimate of drug-likeness (QED) is 0.915. The summed E-state index contributed by atoms with van der Waals surface area (Å²) >= 11 is 0. The van der Waals surface area contributed by atoms with Crippen molar-refractivity contribution in [1.82, 2.24) is 10.2 Å². The predicted octanol–water partition coefficient (Wildman–Crippen LogP) is 1.81. The molecule has 1 aromatic rings. The Hall–Kier alpha value is -1.55. The Kier molecular flexibility index (Phi) is 4.65. The van der Waals surface area contributed by atoms with Crippen LogP contribution in [0, 0.1) is 20.8 Å². The molecule has 1 N–H and O–H groups in total. The SMILES string of the molecule is Cc1cc(C)c(C)c(OC(C)C(=O)N2CCNCC2)c1. The van der Waals surface area contributed by atoms with Crippen LogP contribution >= 0.6 is 0 Å². The van der Waals surface area contributed by atoms with Crippen molar-refractivity contribution in [3.05, 3.63) is 28.8 Å². The predicted molar refractivity (Wildman–Crippen MR) is 80.2 cm³/mol. The first-order valence-corrected chi connectivity index (χ1v) is 7.23. The van der Waals surface area contributed by atoms with E-state index in [1.165, 1.54) is 5.56 Å². The van der Waals surface area contributed by atoms with Crippen LogP contribution in [0.25, 0.3) is 0 Å². The van der Waals surface area contributed by atoms with Crippen LogP contribution in [0.15, 0.2) is 12.1 Å². The molecule has 1 aliphatic heterocycles. The second-order valence-electron chi connectivity index (χ2n) is 5.54. The van der Waals surface area contributed by atoms with Crippen molar-refractivity contribution in [2.45, 2.75) is 33.8 Å². The smallest absolute Gasteiger partial charge is 0.263 e. The highest BCUT2D eigenvalue weighted by Gasteiger charge is 2.23. The van der Waals surface area contributed by atoms with Crippen molar-refractivity contribution in [2.75, 3.05) is 26.2 Å². The highest BCUT2D eigenvalue weighted by atomic mass is 16.5. The third-order valence-corrected chi connectivity index (χ3v) is 3.84. The zero-order valence-corrected chi connectivity index (χ0v) is 12.8. The summed E-state index contributed by atoms with van der Waals surface area (Å²) in [6, 6.07) is 4.13. The molecular weight excluding hydrogens is 252 g/mol. The Labute approximate surface area is 121 Å². The van der Waals surface area contributed by atoms with E-state index in [1.54, 1.807) is 0 Å². The van der Waals surface area contributed by atoms with Crippen molar-refractivity contribution in [3.63, 3.8) is 0 Å². The maximum atomic E-state index is 12.4. The summed E-state index contributed by atoms with van der Waals surface area (Å²) in [5, 5.41) is 3.25. The maximum absolute atomic E-state index is 12.4. The van der Waals surface area contributed by atoms with Crippen LogP contribution in [0.4, 0.5) is 0 Å². The molecule has 4 heteroatoms. The van der Waals surface area contributed by atoms with Crippen molar-refractivity contribution < 1.29 is 9.53 Å². The topological polar surface area (TPSA) is 41.6 Å². The molecule has 0 saturated carbocycles. The molecule has 0 aliphatic carbocycles. The van der Waals surface area contributed by atoms with Crippen molar-refractivity contribution in [1.29, 1.82) is 0 Å². The number of rotatable bonds is 3. The summed E-state index contributed by atoms with van der Waals surface area (Å²) in [4.78, 5) is 14.2. The van der Waals surface area contributed by atoms with Gasteiger partial charge in [-0.15, -0.1) is 0 Å². The van der Waals surface area contributed by atoms with Gasteiger partial charge in [0.15, 0.2) is 6.10 Å². The van der Waals surface area contributed by atoms with Gasteiger partial charge in [0, 0.05) is 26.2 Å². The van der Waals surface area contributed by atoms with Crippen LogP contribution < -0.4 is 10.1 Å². The molecule has 110 valence electrons. The first kappa shape index (κ1) is 14.9. The zero-order chi connectivity index (χ0) is 14.7. The van der Waals surface area contributed by atoms with Crippen molar-refractivity contribution in [2.24, 2.45) is 0 Å². The molecule has 0 spiro atoms. The minimum Gasteiger partial charge on any atom is -0.481 e. The lowest BCUT2D eigenvalue weighted by atomic mass is 10.1. The lowest BCUT2D eigenvalue weighted by molar-refractivity contribution is -0.138. The molecule has 0 aromatic heterocycles. The van der Waals surface area contributed by atoms with Gasteiger partial charge < -0.3 is 15.0 Å². The number of carbonyl (C=O) groups excluding carboxylic acids is 1. The van der Waals surface area contributed by atoms with Crippen molar-refractivity contribution >= 4 is 5.91 Å². The van der Waals surface area contributed by atoms with Crippen LogP contribution in [-0.2, 0) is 4.79 Å². The largest absolute Gasteiger partial charge is 0.481 e. The highest BCUT2D eigenvalue weighted by molar-refractivity contribution is 5.81. The molecule has 1 aliphatic rings. The summed E-state index contributed by atoms with van der Waals surface area (Å²) < 4.78 is 5.91. The minimum absolute atomic E-state index is 0.0741. The van der Waals surface area contributed by atoms with E-state index in [9.17, 15) is 4.79 Å². The lowest BCUT2D eigenvalue weighted by Gasteiger charge is -2.30. The van der Waals surface area contributed by atoms with E-state index < -0.39 is 6.10 Å². The number of piperazine rings is 1. The molecule has 20 heavy (non-hydrogen) atoms. The molecule has 1 fully saturated rings. The summed E-state index contributed by atoms with van der Waals surface area (Å²) in [5.41, 5.74) is 3.46. The number of amides is 1. The Morgan fingerprint density at radius 3 is 2.55 bits per heavy atom. The van der Waals surface area contributed by atoms with E-state index in [1.807, 2.05) is 31.7 Å². The van der Waals surface area contributed by atoms with E-state index >= 15 is 0 Å². The average molecular weight is 276 g/mol. The van der Waals surface area contributed by atoms with Gasteiger partial charge in [-0.2, -0.15) is 0 Å². The van der Waals surface area contributed by atoms with Crippen LogP contribution in [0.5, 0.6) is 5.75 Å². The fourth-order valence-corrected chi connectivity index (χ4v) is 2.51. The third-order valence-electron chi connectivity index (χ3n) is 3.84. The molecule has 1 aromatic carbocycles. The number of hydrogen-bond acceptors (Lipinski definition) is 3. The number of benzene rings is 1. The standard InChI is InChI=1S/C16H24N2O2/c1-11-9-12(2)13(3)15(10-11)20-14(4)16(19)18-7-5-17-6-8-18/h9-10,14,17H,5-8H2,1-4H3. The van der Waals surface area contributed by atoms with E-state index in [0.29, 0.717) is 0 Å². The number of hydrogen-bond donors (Lipinski definition) is 1. The number of carbonyl (C=O) groups is 1. The summed E-state index contributed by atoms with van der Waals surface area (Å²) in [7, 11) is 0. The van der Waals surface area contributed by atoms with Gasteiger partial charge >= 0.3 is 0 Å². The Morgan fingerprint density at radius 2 is 1.90 bits per heavy atom. The number of nitrogens with zero attached hydrogens (tertiary/aromatic N) is 1. The molecule has 0 radical (unpaired) electrons. The molecule has 1 saturated heterocycles. The van der Waals surface area contributed by atoms with E-state index in [-0.39, 0.29) is 5.91 Å². The molecule has 1 unspecified atom stereocenters. The average Bonchev–Trinajstić information content (AvgIpc) is 2.44. The van der Waals surface area contributed by atoms with Gasteiger partial charge in [-0.05, 0) is 50.5 Å². The first-order chi connectivity index (χ1) is 9.49. The maximum Gasteiger partial charge on any atom is 0.263 e. The monoisotopic (exact) mass is 276 g/mol. The first-order valence-electron chi connectivity index (χ1n) is 7.23. The fourth-order valence-electron chi connectivity index (χ4n) is 2.51. The minimum atomic E-state index is -0.437. The lowest BCUT2D eigenvalue weighted by Crippen LogP contribution is -2.50. The summed E-state index contributed by atoms with van der Waals surface area (Å²) in [5.74, 6) is 0.892. The highest BCUT2D eigenvalue weighted by Crippen LogP contribution is 2.24. The fraction of sp³-hybridized carbons (Fsp3) is 0.562. The van der Waals surface area contributed by atoms with Crippen molar-refractivity contribution in [3.8, 4) is 5.75 Å². The van der Waals surface area contributed by atoms with Crippen LogP contribution in [0.3, 0.4) is 0 Å². The molecule has 0 bridgehead atoms. The molecule has 1 amide bonds. The zero-order valence-electron chi connectivity index (χ0n) is 12.8. The van der Waals surface area contributed by atoms with Crippen LogP contribution in [0.1, 0.15) is 23.6 Å². The Bertz CT molecular complexity index is 493. The Balaban J connectivity index is 2.07. The number of nitrogens with one attached hydrogen (secondary N) is 1. The molecule has 2 rings (SSSR count). The number of ether oxygens (including phenoxy) is 1. The van der Waals surface area contributed by atoms with E-state index in [4.69, 9.17) is 4.74 Å². The third kappa shape index (κ3) is 3.31.